The number of hydrogen-bond donors (Lipinski definition) is 0. The number of furan rings is 1. The maximum Gasteiger partial charge on any atom is 0.416 e. The van der Waals surface area contributed by atoms with Gasteiger partial charge in [-0.2, -0.15) is 13.2 Å². The number of halogens is 3. The minimum Gasteiger partial charge on any atom is -0.486 e. The summed E-state index contributed by atoms with van der Waals surface area (Å²) in [5.74, 6) is 1.98. The third kappa shape index (κ3) is 4.38. The van der Waals surface area contributed by atoms with E-state index >= 15 is 0 Å². The van der Waals surface area contributed by atoms with Crippen molar-refractivity contribution in [2.24, 2.45) is 0 Å². The van der Waals surface area contributed by atoms with E-state index in [2.05, 4.69) is 15.1 Å². The van der Waals surface area contributed by atoms with E-state index in [9.17, 15) is 13.2 Å². The molecular weight excluding hydrogens is 569 g/mol. The fourth-order valence-electron chi connectivity index (χ4n) is 4.24. The van der Waals surface area contributed by atoms with Crippen molar-refractivity contribution in [1.82, 2.24) is 19.6 Å². The average Bonchev–Trinajstić information content (AvgIpc) is 3.74. The highest BCUT2D eigenvalue weighted by Gasteiger charge is 2.30. The molecular formula is C26H17F3N4O5S2. The van der Waals surface area contributed by atoms with Gasteiger partial charge in [-0.1, -0.05) is 12.1 Å². The van der Waals surface area contributed by atoms with Crippen LogP contribution in [0, 0.1) is 0 Å². The van der Waals surface area contributed by atoms with Crippen molar-refractivity contribution in [3.8, 4) is 44.5 Å². The summed E-state index contributed by atoms with van der Waals surface area (Å²) in [6.07, 6.45) is -2.64. The van der Waals surface area contributed by atoms with Crippen molar-refractivity contribution in [3.05, 3.63) is 59.2 Å². The molecule has 6 aromatic rings. The Hall–Kier alpha value is -4.30. The molecule has 0 bridgehead atoms. The van der Waals surface area contributed by atoms with E-state index in [1.54, 1.807) is 23.9 Å². The van der Waals surface area contributed by atoms with E-state index in [0.717, 1.165) is 12.1 Å². The Labute approximate surface area is 231 Å². The highest BCUT2D eigenvalue weighted by atomic mass is 32.1. The van der Waals surface area contributed by atoms with Crippen LogP contribution < -0.4 is 18.9 Å². The van der Waals surface area contributed by atoms with Crippen LogP contribution in [0.2, 0.25) is 0 Å². The van der Waals surface area contributed by atoms with Gasteiger partial charge < -0.3 is 23.4 Å². The van der Waals surface area contributed by atoms with Gasteiger partial charge in [0.1, 0.15) is 36.3 Å². The van der Waals surface area contributed by atoms with Crippen molar-refractivity contribution in [3.63, 3.8) is 0 Å². The van der Waals surface area contributed by atoms with E-state index in [1.165, 1.54) is 34.8 Å². The molecule has 0 saturated carbocycles. The standard InChI is InChI=1S/C26H17F3N4O5S2/c1-34-25-32-33-10-17(31-24(33)40-25)19-8-16-18(9-20-22(21(16)38-19)36-7-6-35-20)37-11-15-12-39-23(30-15)13-2-4-14(5-3-13)26(27,28)29/h2-5,8-10,12H,6-7,11H2,1H3. The number of rotatable bonds is 6. The van der Waals surface area contributed by atoms with Crippen LogP contribution in [0.4, 0.5) is 13.2 Å². The minimum absolute atomic E-state index is 0.121. The van der Waals surface area contributed by atoms with Crippen molar-refractivity contribution < 1.29 is 36.5 Å². The lowest BCUT2D eigenvalue weighted by Crippen LogP contribution is -2.15. The van der Waals surface area contributed by atoms with Crippen molar-refractivity contribution >= 4 is 38.6 Å². The normalized spacial score (nSPS) is 13.3. The molecule has 0 spiro atoms. The van der Waals surface area contributed by atoms with Gasteiger partial charge in [-0.15, -0.1) is 16.4 Å². The number of aromatic nitrogens is 4. The number of thiazole rings is 1. The molecule has 204 valence electrons. The van der Waals surface area contributed by atoms with Gasteiger partial charge in [0.2, 0.25) is 10.7 Å². The Bertz CT molecular complexity index is 1820. The fourth-order valence-corrected chi connectivity index (χ4v) is 5.75. The van der Waals surface area contributed by atoms with Gasteiger partial charge in [-0.05, 0) is 29.5 Å². The van der Waals surface area contributed by atoms with Crippen LogP contribution in [0.15, 0.2) is 52.4 Å². The number of benzene rings is 2. The molecule has 0 N–H and O–H groups in total. The molecule has 0 aliphatic carbocycles. The molecule has 5 heterocycles. The number of methoxy groups -OCH3 is 1. The second kappa shape index (κ2) is 9.41. The van der Waals surface area contributed by atoms with E-state index in [1.807, 2.05) is 11.4 Å². The van der Waals surface area contributed by atoms with Gasteiger partial charge in [0, 0.05) is 17.0 Å². The lowest BCUT2D eigenvalue weighted by atomic mass is 10.1. The molecule has 14 heteroatoms. The Morgan fingerprint density at radius 3 is 2.67 bits per heavy atom. The van der Waals surface area contributed by atoms with Gasteiger partial charge in [0.25, 0.3) is 5.19 Å². The number of imidazole rings is 1. The first-order valence-corrected chi connectivity index (χ1v) is 13.6. The second-order valence-electron chi connectivity index (χ2n) is 8.69. The molecule has 0 amide bonds. The summed E-state index contributed by atoms with van der Waals surface area (Å²) < 4.78 is 69.5. The van der Waals surface area contributed by atoms with E-state index in [-0.39, 0.29) is 6.61 Å². The maximum atomic E-state index is 12.9. The van der Waals surface area contributed by atoms with Crippen LogP contribution in [0.3, 0.4) is 0 Å². The Morgan fingerprint density at radius 2 is 1.90 bits per heavy atom. The SMILES string of the molecule is COc1nn2cc(-c3cc4c(OCc5csc(-c6ccc(C(F)(F)F)cc6)n5)cc5c(c4o3)OCCO5)nc2s1. The third-order valence-corrected chi connectivity index (χ3v) is 7.94. The van der Waals surface area contributed by atoms with Gasteiger partial charge in [0.05, 0.1) is 30.0 Å². The summed E-state index contributed by atoms with van der Waals surface area (Å²) in [6.45, 7) is 0.892. The smallest absolute Gasteiger partial charge is 0.416 e. The summed E-state index contributed by atoms with van der Waals surface area (Å²) >= 11 is 2.63. The van der Waals surface area contributed by atoms with Crippen LogP contribution in [-0.4, -0.2) is 39.9 Å². The minimum atomic E-state index is -4.39. The molecule has 0 unspecified atom stereocenters. The van der Waals surface area contributed by atoms with Crippen LogP contribution in [0.25, 0.3) is 38.0 Å². The molecule has 7 rings (SSSR count). The molecule has 0 saturated heterocycles. The zero-order chi connectivity index (χ0) is 27.4. The van der Waals surface area contributed by atoms with E-state index in [0.29, 0.717) is 79.3 Å². The zero-order valence-corrected chi connectivity index (χ0v) is 22.2. The summed E-state index contributed by atoms with van der Waals surface area (Å²) in [4.78, 5) is 9.79. The van der Waals surface area contributed by atoms with Crippen molar-refractivity contribution in [2.45, 2.75) is 12.8 Å². The van der Waals surface area contributed by atoms with Gasteiger partial charge >= 0.3 is 6.18 Å². The highest BCUT2D eigenvalue weighted by molar-refractivity contribution is 7.18. The van der Waals surface area contributed by atoms with Gasteiger partial charge in [-0.3, -0.25) is 0 Å². The number of hydrogen-bond acceptors (Lipinski definition) is 10. The lowest BCUT2D eigenvalue weighted by Gasteiger charge is -2.19. The molecule has 9 nitrogen and oxygen atoms in total. The van der Waals surface area contributed by atoms with E-state index in [4.69, 9.17) is 23.4 Å². The Balaban J connectivity index is 1.18. The monoisotopic (exact) mass is 586 g/mol. The zero-order valence-electron chi connectivity index (χ0n) is 20.5. The van der Waals surface area contributed by atoms with Crippen LogP contribution in [0.5, 0.6) is 22.4 Å². The maximum absolute atomic E-state index is 12.9. The molecule has 40 heavy (non-hydrogen) atoms. The summed E-state index contributed by atoms with van der Waals surface area (Å²) in [6, 6.07) is 8.49. The summed E-state index contributed by atoms with van der Waals surface area (Å²) in [5, 5.41) is 7.87. The number of nitrogens with zero attached hydrogens (tertiary/aromatic N) is 4. The van der Waals surface area contributed by atoms with Gasteiger partial charge in [0.15, 0.2) is 17.1 Å². The predicted molar refractivity (Wildman–Crippen MR) is 140 cm³/mol. The first-order chi connectivity index (χ1) is 19.4. The molecule has 4 aromatic heterocycles. The largest absolute Gasteiger partial charge is 0.486 e. The third-order valence-electron chi connectivity index (χ3n) is 6.12. The fraction of sp³-hybridized carbons (Fsp3) is 0.192. The molecule has 1 aliphatic heterocycles. The summed E-state index contributed by atoms with van der Waals surface area (Å²) in [5.41, 5.74) is 1.56. The van der Waals surface area contributed by atoms with Crippen molar-refractivity contribution in [2.75, 3.05) is 20.3 Å². The second-order valence-corrected chi connectivity index (χ2v) is 10.5. The van der Waals surface area contributed by atoms with Crippen LogP contribution in [-0.2, 0) is 12.8 Å². The number of alkyl halides is 3. The molecule has 0 fully saturated rings. The Morgan fingerprint density at radius 1 is 1.07 bits per heavy atom. The van der Waals surface area contributed by atoms with Gasteiger partial charge in [-0.25, -0.2) is 14.5 Å². The quantitative estimate of drug-likeness (QED) is 0.213. The average molecular weight is 587 g/mol. The van der Waals surface area contributed by atoms with Crippen LogP contribution >= 0.6 is 22.7 Å². The molecule has 0 radical (unpaired) electrons. The lowest BCUT2D eigenvalue weighted by molar-refractivity contribution is -0.137. The molecule has 1 aliphatic rings. The highest BCUT2D eigenvalue weighted by Crippen LogP contribution is 2.46. The summed E-state index contributed by atoms with van der Waals surface area (Å²) in [7, 11) is 1.55. The number of fused-ring (bicyclic) bond motifs is 4. The first kappa shape index (κ1) is 24.7. The Kier molecular flexibility index (Phi) is 5.82. The molecule has 2 aromatic carbocycles. The van der Waals surface area contributed by atoms with Crippen LogP contribution in [0.1, 0.15) is 11.3 Å². The molecule has 0 atom stereocenters. The number of ether oxygens (including phenoxy) is 4. The predicted octanol–water partition coefficient (Wildman–Crippen LogP) is 6.71. The first-order valence-electron chi connectivity index (χ1n) is 11.9. The van der Waals surface area contributed by atoms with E-state index < -0.39 is 11.7 Å². The topological polar surface area (TPSA) is 93.1 Å². The van der Waals surface area contributed by atoms with Crippen molar-refractivity contribution in [1.29, 1.82) is 0 Å².